The number of hydrazone groups is 1. The fourth-order valence-corrected chi connectivity index (χ4v) is 1.72. The second-order valence-corrected chi connectivity index (χ2v) is 4.90. The minimum absolute atomic E-state index is 0.0673. The number of benzene rings is 1. The lowest BCUT2D eigenvalue weighted by Crippen LogP contribution is -2.25. The Morgan fingerprint density at radius 2 is 1.64 bits per heavy atom. The van der Waals surface area contributed by atoms with Gasteiger partial charge in [-0.3, -0.25) is 14.6 Å². The molecule has 6 nitrogen and oxygen atoms in total. The number of hydrogen-bond donors (Lipinski definition) is 2. The van der Waals surface area contributed by atoms with E-state index in [1.807, 2.05) is 0 Å². The molecule has 0 aliphatic heterocycles. The van der Waals surface area contributed by atoms with Crippen LogP contribution in [0.3, 0.4) is 0 Å². The molecule has 1 aromatic carbocycles. The van der Waals surface area contributed by atoms with Crippen molar-refractivity contribution in [2.24, 2.45) is 5.10 Å². The first-order valence-electron chi connectivity index (χ1n) is 7.00. The number of amides is 2. The van der Waals surface area contributed by atoms with E-state index in [1.54, 1.807) is 0 Å². The van der Waals surface area contributed by atoms with Gasteiger partial charge in [0.2, 0.25) is 0 Å². The Kier molecular flexibility index (Phi) is 5.48. The SMILES string of the molecule is C/C(=N\NC(=O)c1ccncc1)C(=O)Nc1ccc(C(F)(F)F)cc1. The number of nitrogens with zero attached hydrogens (tertiary/aromatic N) is 2. The molecule has 2 aromatic rings. The first-order chi connectivity index (χ1) is 11.8. The van der Waals surface area contributed by atoms with Crippen molar-refractivity contribution in [2.75, 3.05) is 5.32 Å². The first-order valence-corrected chi connectivity index (χ1v) is 7.00. The molecule has 1 heterocycles. The van der Waals surface area contributed by atoms with Crippen molar-refractivity contribution in [1.82, 2.24) is 10.4 Å². The van der Waals surface area contributed by atoms with Crippen molar-refractivity contribution in [1.29, 1.82) is 0 Å². The number of halogens is 3. The molecule has 2 N–H and O–H groups in total. The molecular weight excluding hydrogens is 337 g/mol. The van der Waals surface area contributed by atoms with E-state index in [-0.39, 0.29) is 11.4 Å². The van der Waals surface area contributed by atoms with E-state index >= 15 is 0 Å². The molecule has 0 radical (unpaired) electrons. The van der Waals surface area contributed by atoms with Crippen molar-refractivity contribution in [3.05, 3.63) is 59.9 Å². The summed E-state index contributed by atoms with van der Waals surface area (Å²) in [6, 6.07) is 6.92. The minimum Gasteiger partial charge on any atom is -0.321 e. The molecule has 0 atom stereocenters. The number of nitrogens with one attached hydrogen (secondary N) is 2. The van der Waals surface area contributed by atoms with Crippen LogP contribution in [0.1, 0.15) is 22.8 Å². The lowest BCUT2D eigenvalue weighted by Gasteiger charge is -2.08. The second kappa shape index (κ2) is 7.56. The van der Waals surface area contributed by atoms with Crippen LogP contribution >= 0.6 is 0 Å². The highest BCUT2D eigenvalue weighted by Gasteiger charge is 2.30. The van der Waals surface area contributed by atoms with Gasteiger partial charge >= 0.3 is 6.18 Å². The van der Waals surface area contributed by atoms with E-state index in [0.717, 1.165) is 24.3 Å². The molecule has 0 aliphatic carbocycles. The third-order valence-corrected chi connectivity index (χ3v) is 3.07. The fourth-order valence-electron chi connectivity index (χ4n) is 1.72. The van der Waals surface area contributed by atoms with E-state index in [1.165, 1.54) is 31.5 Å². The summed E-state index contributed by atoms with van der Waals surface area (Å²) in [7, 11) is 0. The zero-order valence-corrected chi connectivity index (χ0v) is 13.0. The summed E-state index contributed by atoms with van der Waals surface area (Å²) < 4.78 is 37.4. The predicted molar refractivity (Wildman–Crippen MR) is 84.9 cm³/mol. The van der Waals surface area contributed by atoms with Gasteiger partial charge in [-0.1, -0.05) is 0 Å². The van der Waals surface area contributed by atoms with Crippen molar-refractivity contribution >= 4 is 23.2 Å². The molecule has 0 aliphatic rings. The van der Waals surface area contributed by atoms with Crippen molar-refractivity contribution < 1.29 is 22.8 Å². The van der Waals surface area contributed by atoms with Crippen LogP contribution in [-0.4, -0.2) is 22.5 Å². The number of pyridine rings is 1. The highest BCUT2D eigenvalue weighted by atomic mass is 19.4. The van der Waals surface area contributed by atoms with Gasteiger partial charge in [-0.25, -0.2) is 5.43 Å². The molecule has 130 valence electrons. The van der Waals surface area contributed by atoms with Crippen LogP contribution in [-0.2, 0) is 11.0 Å². The third-order valence-electron chi connectivity index (χ3n) is 3.07. The number of carbonyl (C=O) groups is 2. The monoisotopic (exact) mass is 350 g/mol. The standard InChI is InChI=1S/C16H13F3N4O2/c1-10(22-23-15(25)11-6-8-20-9-7-11)14(24)21-13-4-2-12(3-5-13)16(17,18)19/h2-9H,1H3,(H,21,24)(H,23,25)/b22-10+. The number of alkyl halides is 3. The van der Waals surface area contributed by atoms with Crippen molar-refractivity contribution in [2.45, 2.75) is 13.1 Å². The Balaban J connectivity index is 1.96. The maximum atomic E-state index is 12.5. The van der Waals surface area contributed by atoms with Crippen LogP contribution < -0.4 is 10.7 Å². The Morgan fingerprint density at radius 3 is 2.20 bits per heavy atom. The number of hydrogen-bond acceptors (Lipinski definition) is 4. The Morgan fingerprint density at radius 1 is 1.04 bits per heavy atom. The molecule has 2 amide bonds. The van der Waals surface area contributed by atoms with Gasteiger partial charge in [-0.05, 0) is 43.3 Å². The summed E-state index contributed by atoms with van der Waals surface area (Å²) in [5.41, 5.74) is 1.81. The topological polar surface area (TPSA) is 83.5 Å². The van der Waals surface area contributed by atoms with Crippen LogP contribution in [0.4, 0.5) is 18.9 Å². The minimum atomic E-state index is -4.45. The van der Waals surface area contributed by atoms with Crippen molar-refractivity contribution in [3.63, 3.8) is 0 Å². The number of aromatic nitrogens is 1. The van der Waals surface area contributed by atoms with Gasteiger partial charge in [0.05, 0.1) is 5.56 Å². The van der Waals surface area contributed by atoms with E-state index in [2.05, 4.69) is 20.8 Å². The molecule has 9 heteroatoms. The maximum absolute atomic E-state index is 12.5. The molecule has 0 saturated heterocycles. The molecule has 2 rings (SSSR count). The molecule has 0 spiro atoms. The van der Waals surface area contributed by atoms with Crippen LogP contribution in [0, 0.1) is 0 Å². The molecule has 0 bridgehead atoms. The van der Waals surface area contributed by atoms with Gasteiger partial charge in [0, 0.05) is 23.6 Å². The summed E-state index contributed by atoms with van der Waals surface area (Å²) in [6.07, 6.45) is -1.58. The Bertz CT molecular complexity index is 787. The Hall–Kier alpha value is -3.23. The van der Waals surface area contributed by atoms with Gasteiger partial charge < -0.3 is 5.32 Å². The van der Waals surface area contributed by atoms with E-state index < -0.39 is 23.6 Å². The largest absolute Gasteiger partial charge is 0.416 e. The molecular formula is C16H13F3N4O2. The van der Waals surface area contributed by atoms with Crippen LogP contribution in [0.5, 0.6) is 0 Å². The van der Waals surface area contributed by atoms with Crippen LogP contribution in [0.2, 0.25) is 0 Å². The lowest BCUT2D eigenvalue weighted by atomic mass is 10.2. The van der Waals surface area contributed by atoms with Gasteiger partial charge in [0.25, 0.3) is 11.8 Å². The predicted octanol–water partition coefficient (Wildman–Crippen LogP) is 2.84. The summed E-state index contributed by atoms with van der Waals surface area (Å²) in [5, 5.41) is 6.04. The zero-order valence-electron chi connectivity index (χ0n) is 13.0. The average molecular weight is 350 g/mol. The average Bonchev–Trinajstić information content (AvgIpc) is 2.59. The van der Waals surface area contributed by atoms with Crippen LogP contribution in [0.15, 0.2) is 53.9 Å². The first kappa shape index (κ1) is 18.1. The zero-order chi connectivity index (χ0) is 18.4. The number of anilines is 1. The van der Waals surface area contributed by atoms with Gasteiger partial charge in [0.1, 0.15) is 5.71 Å². The van der Waals surface area contributed by atoms with Crippen LogP contribution in [0.25, 0.3) is 0 Å². The fraction of sp³-hybridized carbons (Fsp3) is 0.125. The van der Waals surface area contributed by atoms with E-state index in [4.69, 9.17) is 0 Å². The van der Waals surface area contributed by atoms with Gasteiger partial charge in [-0.2, -0.15) is 18.3 Å². The Labute approximate surface area is 140 Å². The molecule has 25 heavy (non-hydrogen) atoms. The lowest BCUT2D eigenvalue weighted by molar-refractivity contribution is -0.137. The molecule has 0 unspecified atom stereocenters. The summed E-state index contributed by atoms with van der Waals surface area (Å²) in [4.78, 5) is 27.5. The quantitative estimate of drug-likeness (QED) is 0.657. The molecule has 0 saturated carbocycles. The van der Waals surface area contributed by atoms with Crippen molar-refractivity contribution in [3.8, 4) is 0 Å². The van der Waals surface area contributed by atoms with Gasteiger partial charge in [0.15, 0.2) is 0 Å². The smallest absolute Gasteiger partial charge is 0.321 e. The third kappa shape index (κ3) is 5.13. The number of rotatable bonds is 4. The van der Waals surface area contributed by atoms with Gasteiger partial charge in [-0.15, -0.1) is 0 Å². The van der Waals surface area contributed by atoms with E-state index in [9.17, 15) is 22.8 Å². The van der Waals surface area contributed by atoms with E-state index in [0.29, 0.717) is 5.56 Å². The summed E-state index contributed by atoms with van der Waals surface area (Å²) in [6.45, 7) is 1.35. The highest BCUT2D eigenvalue weighted by molar-refractivity contribution is 6.42. The summed E-state index contributed by atoms with van der Waals surface area (Å²) >= 11 is 0. The summed E-state index contributed by atoms with van der Waals surface area (Å²) in [5.74, 6) is -1.18. The second-order valence-electron chi connectivity index (χ2n) is 4.90. The number of carbonyl (C=O) groups excluding carboxylic acids is 2. The highest BCUT2D eigenvalue weighted by Crippen LogP contribution is 2.29. The normalized spacial score (nSPS) is 11.8. The molecule has 1 aromatic heterocycles. The molecule has 0 fully saturated rings. The maximum Gasteiger partial charge on any atom is 0.416 e.